The number of rotatable bonds is 6. The Bertz CT molecular complexity index is 621. The van der Waals surface area contributed by atoms with E-state index in [0.29, 0.717) is 0 Å². The van der Waals surface area contributed by atoms with Gasteiger partial charge in [-0.2, -0.15) is 0 Å². The first-order valence-corrected chi connectivity index (χ1v) is 7.08. The zero-order chi connectivity index (χ0) is 15.4. The standard InChI is InChI=1S/C16H20N2O3/c1-4-15(13-6-5-7-14(10-13)18(19)20)17-12(3)16-9-8-11(2)21-16/h5-10,12,15,17H,4H2,1-3H3. The largest absolute Gasteiger partial charge is 0.465 e. The van der Waals surface area contributed by atoms with Crippen molar-refractivity contribution >= 4 is 5.69 Å². The van der Waals surface area contributed by atoms with Crippen LogP contribution in [0.2, 0.25) is 0 Å². The molecule has 5 nitrogen and oxygen atoms in total. The summed E-state index contributed by atoms with van der Waals surface area (Å²) in [6, 6.07) is 10.7. The summed E-state index contributed by atoms with van der Waals surface area (Å²) in [5.41, 5.74) is 1.04. The molecule has 5 heteroatoms. The smallest absolute Gasteiger partial charge is 0.269 e. The number of nitro groups is 1. The summed E-state index contributed by atoms with van der Waals surface area (Å²) in [6.45, 7) is 5.99. The van der Waals surface area contributed by atoms with E-state index >= 15 is 0 Å². The second-order valence-electron chi connectivity index (χ2n) is 5.15. The first-order valence-electron chi connectivity index (χ1n) is 7.08. The van der Waals surface area contributed by atoms with Crippen LogP contribution in [-0.4, -0.2) is 4.92 Å². The highest BCUT2D eigenvalue weighted by Crippen LogP contribution is 2.25. The van der Waals surface area contributed by atoms with Crippen molar-refractivity contribution in [3.63, 3.8) is 0 Å². The minimum atomic E-state index is -0.366. The molecule has 0 saturated carbocycles. The van der Waals surface area contributed by atoms with Crippen LogP contribution in [0.3, 0.4) is 0 Å². The number of benzene rings is 1. The molecular weight excluding hydrogens is 268 g/mol. The Hall–Kier alpha value is -2.14. The Labute approximate surface area is 124 Å². The van der Waals surface area contributed by atoms with E-state index in [0.717, 1.165) is 23.5 Å². The van der Waals surface area contributed by atoms with Crippen molar-refractivity contribution in [2.24, 2.45) is 0 Å². The summed E-state index contributed by atoms with van der Waals surface area (Å²) >= 11 is 0. The second-order valence-corrected chi connectivity index (χ2v) is 5.15. The van der Waals surface area contributed by atoms with Gasteiger partial charge in [0.1, 0.15) is 11.5 Å². The van der Waals surface area contributed by atoms with Gasteiger partial charge in [0.15, 0.2) is 0 Å². The summed E-state index contributed by atoms with van der Waals surface area (Å²) in [7, 11) is 0. The van der Waals surface area contributed by atoms with Gasteiger partial charge in [-0.05, 0) is 38.0 Å². The zero-order valence-corrected chi connectivity index (χ0v) is 12.5. The third-order valence-corrected chi connectivity index (χ3v) is 3.53. The quantitative estimate of drug-likeness (QED) is 0.635. The van der Waals surface area contributed by atoms with Gasteiger partial charge in [0, 0.05) is 18.2 Å². The van der Waals surface area contributed by atoms with Gasteiger partial charge in [-0.25, -0.2) is 0 Å². The van der Waals surface area contributed by atoms with Gasteiger partial charge < -0.3 is 9.73 Å². The van der Waals surface area contributed by atoms with Gasteiger partial charge in [-0.15, -0.1) is 0 Å². The first-order chi connectivity index (χ1) is 10.0. The molecule has 0 radical (unpaired) electrons. The normalized spacial score (nSPS) is 13.9. The third-order valence-electron chi connectivity index (χ3n) is 3.53. The second kappa shape index (κ2) is 6.54. The number of non-ortho nitro benzene ring substituents is 1. The minimum Gasteiger partial charge on any atom is -0.465 e. The molecule has 2 aromatic rings. The van der Waals surface area contributed by atoms with Gasteiger partial charge in [0.2, 0.25) is 0 Å². The van der Waals surface area contributed by atoms with Crippen LogP contribution in [0.4, 0.5) is 5.69 Å². The van der Waals surface area contributed by atoms with Crippen molar-refractivity contribution in [2.75, 3.05) is 0 Å². The number of hydrogen-bond acceptors (Lipinski definition) is 4. The van der Waals surface area contributed by atoms with Gasteiger partial charge in [-0.1, -0.05) is 19.1 Å². The van der Waals surface area contributed by atoms with Crippen molar-refractivity contribution in [3.05, 3.63) is 63.6 Å². The maximum atomic E-state index is 10.9. The summed E-state index contributed by atoms with van der Waals surface area (Å²) < 4.78 is 5.62. The Morgan fingerprint density at radius 2 is 2.10 bits per heavy atom. The average Bonchev–Trinajstić information content (AvgIpc) is 2.91. The summed E-state index contributed by atoms with van der Waals surface area (Å²) in [5.74, 6) is 1.75. The van der Waals surface area contributed by atoms with Crippen molar-refractivity contribution < 1.29 is 9.34 Å². The van der Waals surface area contributed by atoms with Crippen molar-refractivity contribution in [1.29, 1.82) is 0 Å². The van der Waals surface area contributed by atoms with Crippen molar-refractivity contribution in [3.8, 4) is 0 Å². The van der Waals surface area contributed by atoms with Crippen molar-refractivity contribution in [2.45, 2.75) is 39.3 Å². The number of hydrogen-bond donors (Lipinski definition) is 1. The Kier molecular flexibility index (Phi) is 4.75. The molecule has 0 aliphatic carbocycles. The number of nitrogens with zero attached hydrogens (tertiary/aromatic N) is 1. The van der Waals surface area contributed by atoms with E-state index in [2.05, 4.69) is 12.2 Å². The van der Waals surface area contributed by atoms with E-state index in [-0.39, 0.29) is 22.7 Å². The van der Waals surface area contributed by atoms with Crippen LogP contribution in [0.1, 0.15) is 49.4 Å². The average molecular weight is 288 g/mol. The zero-order valence-electron chi connectivity index (χ0n) is 12.5. The molecule has 0 saturated heterocycles. The molecule has 2 unspecified atom stereocenters. The molecule has 0 aliphatic heterocycles. The highest BCUT2D eigenvalue weighted by atomic mass is 16.6. The maximum Gasteiger partial charge on any atom is 0.269 e. The monoisotopic (exact) mass is 288 g/mol. The lowest BCUT2D eigenvalue weighted by molar-refractivity contribution is -0.384. The molecule has 21 heavy (non-hydrogen) atoms. The Morgan fingerprint density at radius 3 is 2.67 bits per heavy atom. The van der Waals surface area contributed by atoms with E-state index in [1.165, 1.54) is 6.07 Å². The van der Waals surface area contributed by atoms with Crippen LogP contribution in [-0.2, 0) is 0 Å². The van der Waals surface area contributed by atoms with E-state index in [1.807, 2.05) is 32.0 Å². The van der Waals surface area contributed by atoms with Crippen LogP contribution in [0.15, 0.2) is 40.8 Å². The van der Waals surface area contributed by atoms with Crippen LogP contribution >= 0.6 is 0 Å². The topological polar surface area (TPSA) is 68.3 Å². The predicted octanol–water partition coefficient (Wildman–Crippen LogP) is 4.30. The Balaban J connectivity index is 2.16. The fraction of sp³-hybridized carbons (Fsp3) is 0.375. The molecule has 2 rings (SSSR count). The number of furan rings is 1. The van der Waals surface area contributed by atoms with Crippen LogP contribution in [0, 0.1) is 17.0 Å². The summed E-state index contributed by atoms with van der Waals surface area (Å²) in [4.78, 5) is 10.5. The number of aryl methyl sites for hydroxylation is 1. The molecular formula is C16H20N2O3. The lowest BCUT2D eigenvalue weighted by atomic mass is 10.0. The van der Waals surface area contributed by atoms with E-state index in [1.54, 1.807) is 12.1 Å². The van der Waals surface area contributed by atoms with Gasteiger partial charge in [0.05, 0.1) is 11.0 Å². The fourth-order valence-corrected chi connectivity index (χ4v) is 2.37. The Morgan fingerprint density at radius 1 is 1.33 bits per heavy atom. The van der Waals surface area contributed by atoms with Gasteiger partial charge in [0.25, 0.3) is 5.69 Å². The molecule has 1 aromatic carbocycles. The van der Waals surface area contributed by atoms with E-state index in [9.17, 15) is 10.1 Å². The van der Waals surface area contributed by atoms with E-state index in [4.69, 9.17) is 4.42 Å². The maximum absolute atomic E-state index is 10.9. The molecule has 0 aliphatic rings. The molecule has 1 heterocycles. The lowest BCUT2D eigenvalue weighted by Gasteiger charge is -2.21. The van der Waals surface area contributed by atoms with E-state index < -0.39 is 0 Å². The lowest BCUT2D eigenvalue weighted by Crippen LogP contribution is -2.24. The molecule has 0 amide bonds. The summed E-state index contributed by atoms with van der Waals surface area (Å²) in [5, 5.41) is 14.3. The molecule has 1 N–H and O–H groups in total. The molecule has 1 aromatic heterocycles. The molecule has 0 bridgehead atoms. The highest BCUT2D eigenvalue weighted by Gasteiger charge is 2.17. The molecule has 0 fully saturated rings. The first kappa shape index (κ1) is 15.3. The molecule has 2 atom stereocenters. The SMILES string of the molecule is CCC(NC(C)c1ccc(C)o1)c1cccc([N+](=O)[O-])c1. The van der Waals surface area contributed by atoms with Crippen LogP contribution in [0.5, 0.6) is 0 Å². The molecule has 112 valence electrons. The number of nitro benzene ring substituents is 1. The van der Waals surface area contributed by atoms with Crippen LogP contribution < -0.4 is 5.32 Å². The van der Waals surface area contributed by atoms with Gasteiger partial charge >= 0.3 is 0 Å². The minimum absolute atomic E-state index is 0.0444. The summed E-state index contributed by atoms with van der Waals surface area (Å²) in [6.07, 6.45) is 0.838. The van der Waals surface area contributed by atoms with Crippen LogP contribution in [0.25, 0.3) is 0 Å². The molecule has 0 spiro atoms. The third kappa shape index (κ3) is 3.70. The van der Waals surface area contributed by atoms with Gasteiger partial charge in [-0.3, -0.25) is 10.1 Å². The van der Waals surface area contributed by atoms with Crippen molar-refractivity contribution in [1.82, 2.24) is 5.32 Å². The number of nitrogens with one attached hydrogen (secondary N) is 1. The highest BCUT2D eigenvalue weighted by molar-refractivity contribution is 5.35. The fourth-order valence-electron chi connectivity index (χ4n) is 2.37. The predicted molar refractivity (Wildman–Crippen MR) is 81.1 cm³/mol.